The number of hydrogen-bond donors (Lipinski definition) is 0. The first-order chi connectivity index (χ1) is 8.88. The highest BCUT2D eigenvalue weighted by atomic mass is 35.5. The Balaban J connectivity index is 2.18. The Kier molecular flexibility index (Phi) is 3.90. The first-order valence-electron chi connectivity index (χ1n) is 6.41. The summed E-state index contributed by atoms with van der Waals surface area (Å²) in [7, 11) is 0. The van der Waals surface area contributed by atoms with Gasteiger partial charge in [-0.1, -0.05) is 23.7 Å². The molecule has 1 amide bonds. The lowest BCUT2D eigenvalue weighted by Gasteiger charge is -2.32. The van der Waals surface area contributed by atoms with Crippen LogP contribution in [0.25, 0.3) is 0 Å². The number of ether oxygens (including phenoxy) is 1. The molecule has 1 heterocycles. The van der Waals surface area contributed by atoms with Gasteiger partial charge < -0.3 is 4.74 Å². The lowest BCUT2D eigenvalue weighted by Crippen LogP contribution is -2.44. The summed E-state index contributed by atoms with van der Waals surface area (Å²) < 4.78 is 5.42. The number of carbonyl (C=O) groups excluding carboxylic acids is 1. The fraction of sp³-hybridized carbons (Fsp3) is 0.500. The summed E-state index contributed by atoms with van der Waals surface area (Å²) in [5, 5.41) is 4.14. The maximum absolute atomic E-state index is 12.2. The molecule has 0 aromatic heterocycles. The molecule has 1 aliphatic rings. The molecular weight excluding hydrogens is 264 g/mol. The van der Waals surface area contributed by atoms with Crippen LogP contribution in [0.15, 0.2) is 24.3 Å². The molecule has 0 N–H and O–H groups in total. The minimum Gasteiger partial charge on any atom is -0.442 e. The van der Waals surface area contributed by atoms with Crippen molar-refractivity contribution in [1.29, 1.82) is 0 Å². The number of halogens is 1. The van der Waals surface area contributed by atoms with E-state index in [-0.39, 0.29) is 6.09 Å². The second-order valence-corrected chi connectivity index (χ2v) is 5.94. The summed E-state index contributed by atoms with van der Waals surface area (Å²) in [6, 6.07) is 7.51. The van der Waals surface area contributed by atoms with Gasteiger partial charge in [-0.3, -0.25) is 5.01 Å². The fourth-order valence-corrected chi connectivity index (χ4v) is 2.26. The maximum atomic E-state index is 12.2. The first kappa shape index (κ1) is 14.0. The molecule has 0 radical (unpaired) electrons. The highest BCUT2D eigenvalue weighted by molar-refractivity contribution is 6.33. The van der Waals surface area contributed by atoms with E-state index >= 15 is 0 Å². The molecule has 0 unspecified atom stereocenters. The third-order valence-electron chi connectivity index (χ3n) is 2.77. The van der Waals surface area contributed by atoms with E-state index in [1.165, 1.54) is 0 Å². The highest BCUT2D eigenvalue weighted by Gasteiger charge is 2.31. The normalized spacial score (nSPS) is 15.8. The van der Waals surface area contributed by atoms with E-state index in [1.54, 1.807) is 5.01 Å². The van der Waals surface area contributed by atoms with Gasteiger partial charge in [-0.05, 0) is 39.3 Å². The second-order valence-electron chi connectivity index (χ2n) is 5.53. The van der Waals surface area contributed by atoms with Gasteiger partial charge in [-0.15, -0.1) is 0 Å². The molecule has 4 nitrogen and oxygen atoms in total. The number of para-hydroxylation sites is 1. The minimum absolute atomic E-state index is 0.329. The number of hydrogen-bond acceptors (Lipinski definition) is 3. The topological polar surface area (TPSA) is 32.8 Å². The summed E-state index contributed by atoms with van der Waals surface area (Å²) in [6.45, 7) is 7.01. The quantitative estimate of drug-likeness (QED) is 0.787. The number of amides is 1. The number of rotatable bonds is 1. The van der Waals surface area contributed by atoms with Gasteiger partial charge in [0.1, 0.15) is 5.60 Å². The molecule has 1 saturated heterocycles. The molecule has 1 aliphatic heterocycles. The van der Waals surface area contributed by atoms with Crippen molar-refractivity contribution in [2.45, 2.75) is 32.8 Å². The molecule has 104 valence electrons. The Labute approximate surface area is 118 Å². The van der Waals surface area contributed by atoms with Crippen molar-refractivity contribution in [3.05, 3.63) is 29.3 Å². The number of nitrogens with zero attached hydrogens (tertiary/aromatic N) is 2. The van der Waals surface area contributed by atoms with Crippen LogP contribution < -0.4 is 5.01 Å². The molecule has 1 fully saturated rings. The molecule has 0 aliphatic carbocycles. The van der Waals surface area contributed by atoms with E-state index in [0.29, 0.717) is 11.6 Å². The molecule has 19 heavy (non-hydrogen) atoms. The van der Waals surface area contributed by atoms with Crippen LogP contribution in [-0.2, 0) is 4.74 Å². The maximum Gasteiger partial charge on any atom is 0.429 e. The van der Waals surface area contributed by atoms with Gasteiger partial charge >= 0.3 is 6.09 Å². The molecule has 0 bridgehead atoms. The van der Waals surface area contributed by atoms with E-state index < -0.39 is 5.60 Å². The van der Waals surface area contributed by atoms with Crippen molar-refractivity contribution >= 4 is 23.4 Å². The summed E-state index contributed by atoms with van der Waals surface area (Å²) in [6.07, 6.45) is 0.578. The van der Waals surface area contributed by atoms with E-state index in [1.807, 2.05) is 50.0 Å². The Morgan fingerprint density at radius 1 is 1.26 bits per heavy atom. The molecule has 1 aromatic rings. The Bertz CT molecular complexity index is 471. The lowest BCUT2D eigenvalue weighted by molar-refractivity contribution is 0.0274. The van der Waals surface area contributed by atoms with Crippen LogP contribution in [0.2, 0.25) is 5.02 Å². The predicted octanol–water partition coefficient (Wildman–Crippen LogP) is 3.70. The van der Waals surface area contributed by atoms with Gasteiger partial charge in [-0.2, -0.15) is 0 Å². The number of carbonyl (C=O) groups is 1. The molecule has 0 spiro atoms. The van der Waals surface area contributed by atoms with Gasteiger partial charge in [0.25, 0.3) is 0 Å². The fourth-order valence-electron chi connectivity index (χ4n) is 2.03. The van der Waals surface area contributed by atoms with Crippen molar-refractivity contribution < 1.29 is 9.53 Å². The van der Waals surface area contributed by atoms with Crippen LogP contribution in [-0.4, -0.2) is 29.8 Å². The molecule has 0 atom stereocenters. The third-order valence-corrected chi connectivity index (χ3v) is 3.09. The van der Waals surface area contributed by atoms with Crippen LogP contribution in [0.4, 0.5) is 10.5 Å². The average molecular weight is 283 g/mol. The van der Waals surface area contributed by atoms with Gasteiger partial charge in [0.05, 0.1) is 10.7 Å². The van der Waals surface area contributed by atoms with Crippen molar-refractivity contribution in [3.8, 4) is 0 Å². The van der Waals surface area contributed by atoms with E-state index in [2.05, 4.69) is 0 Å². The Morgan fingerprint density at radius 2 is 1.95 bits per heavy atom. The summed E-state index contributed by atoms with van der Waals surface area (Å²) in [5.41, 5.74) is 0.346. The first-order valence-corrected chi connectivity index (χ1v) is 6.79. The van der Waals surface area contributed by atoms with Gasteiger partial charge in [0.2, 0.25) is 0 Å². The minimum atomic E-state index is -0.494. The number of benzene rings is 1. The SMILES string of the molecule is CC(C)(C)OC(=O)N1CCCN1c1ccccc1Cl. The zero-order valence-electron chi connectivity index (χ0n) is 11.5. The molecule has 0 saturated carbocycles. The van der Waals surface area contributed by atoms with Crippen molar-refractivity contribution in [1.82, 2.24) is 5.01 Å². The van der Waals surface area contributed by atoms with E-state index in [0.717, 1.165) is 18.7 Å². The number of hydrazine groups is 1. The Morgan fingerprint density at radius 3 is 2.58 bits per heavy atom. The molecule has 2 rings (SSSR count). The van der Waals surface area contributed by atoms with Gasteiger partial charge in [-0.25, -0.2) is 9.80 Å². The van der Waals surface area contributed by atoms with E-state index in [4.69, 9.17) is 16.3 Å². The zero-order valence-corrected chi connectivity index (χ0v) is 12.3. The standard InChI is InChI=1S/C14H19ClN2O2/c1-14(2,3)19-13(18)17-10-6-9-16(17)12-8-5-4-7-11(12)15/h4-5,7-8H,6,9-10H2,1-3H3. The van der Waals surface area contributed by atoms with Crippen LogP contribution in [0.5, 0.6) is 0 Å². The van der Waals surface area contributed by atoms with Crippen LogP contribution in [0, 0.1) is 0 Å². The highest BCUT2D eigenvalue weighted by Crippen LogP contribution is 2.30. The van der Waals surface area contributed by atoms with Crippen molar-refractivity contribution in [2.24, 2.45) is 0 Å². The lowest BCUT2D eigenvalue weighted by atomic mass is 10.2. The van der Waals surface area contributed by atoms with Crippen molar-refractivity contribution in [2.75, 3.05) is 18.1 Å². The predicted molar refractivity (Wildman–Crippen MR) is 76.4 cm³/mol. The van der Waals surface area contributed by atoms with Crippen LogP contribution in [0.1, 0.15) is 27.2 Å². The summed E-state index contributed by atoms with van der Waals surface area (Å²) in [5.74, 6) is 0. The monoisotopic (exact) mass is 282 g/mol. The third kappa shape index (κ3) is 3.32. The summed E-state index contributed by atoms with van der Waals surface area (Å²) >= 11 is 6.19. The van der Waals surface area contributed by atoms with Crippen LogP contribution in [0.3, 0.4) is 0 Å². The zero-order chi connectivity index (χ0) is 14.0. The van der Waals surface area contributed by atoms with Crippen LogP contribution >= 0.6 is 11.6 Å². The molecule has 5 heteroatoms. The van der Waals surface area contributed by atoms with E-state index in [9.17, 15) is 4.79 Å². The average Bonchev–Trinajstić information content (AvgIpc) is 2.76. The molecular formula is C14H19ClN2O2. The Hall–Kier alpha value is -1.42. The van der Waals surface area contributed by atoms with Gasteiger partial charge in [0, 0.05) is 13.1 Å². The second kappa shape index (κ2) is 5.29. The van der Waals surface area contributed by atoms with Gasteiger partial charge in [0.15, 0.2) is 0 Å². The smallest absolute Gasteiger partial charge is 0.429 e. The largest absolute Gasteiger partial charge is 0.442 e. The van der Waals surface area contributed by atoms with Crippen molar-refractivity contribution in [3.63, 3.8) is 0 Å². The number of anilines is 1. The summed E-state index contributed by atoms with van der Waals surface area (Å²) in [4.78, 5) is 12.2. The molecule has 1 aromatic carbocycles.